The first-order valence-corrected chi connectivity index (χ1v) is 9.72. The van der Waals surface area contributed by atoms with Crippen molar-refractivity contribution in [3.05, 3.63) is 53.6 Å². The maximum Gasteiger partial charge on any atom is 0.267 e. The lowest BCUT2D eigenvalue weighted by molar-refractivity contribution is -0.122. The molecule has 6 nitrogen and oxygen atoms in total. The standard InChI is InChI=1S/C17H17ClN2O4S/c1-2-25(22,23)20-11-16(24-15-10-6-5-9-14(15)20)17(21)19-13-8-4-3-7-12(13)18/h3-10,16H,2,11H2,1H3,(H,19,21). The molecule has 3 rings (SSSR count). The van der Waals surface area contributed by atoms with Crippen molar-refractivity contribution in [1.29, 1.82) is 0 Å². The second-order valence-corrected chi connectivity index (χ2v) is 8.06. The fraction of sp³-hybridized carbons (Fsp3) is 0.235. The van der Waals surface area contributed by atoms with Gasteiger partial charge in [0.1, 0.15) is 5.75 Å². The zero-order valence-corrected chi connectivity index (χ0v) is 15.0. The molecule has 1 aliphatic heterocycles. The Balaban J connectivity index is 1.89. The van der Waals surface area contributed by atoms with E-state index in [0.717, 1.165) is 0 Å². The number of nitrogens with zero attached hydrogens (tertiary/aromatic N) is 1. The number of halogens is 1. The van der Waals surface area contributed by atoms with E-state index >= 15 is 0 Å². The van der Waals surface area contributed by atoms with Gasteiger partial charge in [-0.3, -0.25) is 9.10 Å². The summed E-state index contributed by atoms with van der Waals surface area (Å²) >= 11 is 6.05. The highest BCUT2D eigenvalue weighted by atomic mass is 35.5. The van der Waals surface area contributed by atoms with E-state index in [9.17, 15) is 13.2 Å². The fourth-order valence-electron chi connectivity index (χ4n) is 2.53. The summed E-state index contributed by atoms with van der Waals surface area (Å²) in [7, 11) is -3.53. The lowest BCUT2D eigenvalue weighted by Gasteiger charge is -2.34. The molecule has 1 N–H and O–H groups in total. The molecule has 1 unspecified atom stereocenters. The predicted molar refractivity (Wildman–Crippen MR) is 97.7 cm³/mol. The summed E-state index contributed by atoms with van der Waals surface area (Å²) in [6.45, 7) is 1.47. The Morgan fingerprint density at radius 1 is 1.24 bits per heavy atom. The Morgan fingerprint density at radius 2 is 1.92 bits per heavy atom. The summed E-state index contributed by atoms with van der Waals surface area (Å²) in [6.07, 6.45) is -0.979. The zero-order valence-electron chi connectivity index (χ0n) is 13.5. The largest absolute Gasteiger partial charge is 0.476 e. The Bertz CT molecular complexity index is 901. The molecule has 1 atom stereocenters. The normalized spacial score (nSPS) is 16.7. The van der Waals surface area contributed by atoms with E-state index < -0.39 is 22.0 Å². The summed E-state index contributed by atoms with van der Waals surface area (Å²) in [5.74, 6) is -0.177. The Labute approximate surface area is 151 Å². The molecule has 8 heteroatoms. The van der Waals surface area contributed by atoms with E-state index in [2.05, 4.69) is 5.32 Å². The summed E-state index contributed by atoms with van der Waals surface area (Å²) in [5, 5.41) is 3.08. The van der Waals surface area contributed by atoms with Crippen molar-refractivity contribution >= 4 is 38.9 Å². The molecule has 1 aliphatic rings. The average Bonchev–Trinajstić information content (AvgIpc) is 2.62. The van der Waals surface area contributed by atoms with Crippen molar-refractivity contribution in [3.8, 4) is 5.75 Å². The number of para-hydroxylation sites is 3. The molecule has 2 aromatic rings. The van der Waals surface area contributed by atoms with Crippen LogP contribution in [0.3, 0.4) is 0 Å². The Hall–Kier alpha value is -2.25. The van der Waals surface area contributed by atoms with E-state index in [1.165, 1.54) is 4.31 Å². The number of hydrogen-bond donors (Lipinski definition) is 1. The van der Waals surface area contributed by atoms with Crippen LogP contribution in [0.1, 0.15) is 6.92 Å². The molecule has 0 bridgehead atoms. The third kappa shape index (κ3) is 3.57. The molecule has 0 aromatic heterocycles. The minimum Gasteiger partial charge on any atom is -0.476 e. The van der Waals surface area contributed by atoms with Crippen LogP contribution < -0.4 is 14.4 Å². The van der Waals surface area contributed by atoms with Crippen LogP contribution in [0.5, 0.6) is 5.75 Å². The van der Waals surface area contributed by atoms with Crippen molar-refractivity contribution in [2.24, 2.45) is 0 Å². The van der Waals surface area contributed by atoms with Crippen molar-refractivity contribution in [1.82, 2.24) is 0 Å². The predicted octanol–water partition coefficient (Wildman–Crippen LogP) is 2.90. The van der Waals surface area contributed by atoms with Crippen molar-refractivity contribution in [3.63, 3.8) is 0 Å². The summed E-state index contributed by atoms with van der Waals surface area (Å²) < 4.78 is 31.8. The van der Waals surface area contributed by atoms with Gasteiger partial charge in [-0.1, -0.05) is 35.9 Å². The Morgan fingerprint density at radius 3 is 2.64 bits per heavy atom. The number of hydrogen-bond acceptors (Lipinski definition) is 4. The quantitative estimate of drug-likeness (QED) is 0.884. The third-order valence-corrected chi connectivity index (χ3v) is 5.94. The van der Waals surface area contributed by atoms with Crippen molar-refractivity contribution in [2.75, 3.05) is 21.9 Å². The number of benzene rings is 2. The molecule has 0 saturated carbocycles. The maximum atomic E-state index is 12.6. The summed E-state index contributed by atoms with van der Waals surface area (Å²) in [4.78, 5) is 12.6. The molecule has 25 heavy (non-hydrogen) atoms. The minimum absolute atomic E-state index is 0.0693. The van der Waals surface area contributed by atoms with Gasteiger partial charge in [0.2, 0.25) is 10.0 Å². The van der Waals surface area contributed by atoms with Gasteiger partial charge in [0.25, 0.3) is 5.91 Å². The molecule has 0 radical (unpaired) electrons. The van der Waals surface area contributed by atoms with Crippen LogP contribution in [0.15, 0.2) is 48.5 Å². The van der Waals surface area contributed by atoms with Crippen LogP contribution in [0.4, 0.5) is 11.4 Å². The molecular weight excluding hydrogens is 364 g/mol. The molecular formula is C17H17ClN2O4S. The first-order valence-electron chi connectivity index (χ1n) is 7.74. The first-order chi connectivity index (χ1) is 11.9. The SMILES string of the molecule is CCS(=O)(=O)N1CC(C(=O)Nc2ccccc2Cl)Oc2ccccc21. The number of carbonyl (C=O) groups excluding carboxylic acids is 1. The number of carbonyl (C=O) groups is 1. The molecule has 132 valence electrons. The highest BCUT2D eigenvalue weighted by molar-refractivity contribution is 7.92. The highest BCUT2D eigenvalue weighted by Gasteiger charge is 2.36. The molecule has 0 aliphatic carbocycles. The van der Waals surface area contributed by atoms with Crippen molar-refractivity contribution in [2.45, 2.75) is 13.0 Å². The maximum absolute atomic E-state index is 12.6. The van der Waals surface area contributed by atoms with Gasteiger partial charge < -0.3 is 10.1 Å². The van der Waals surface area contributed by atoms with Gasteiger partial charge in [0, 0.05) is 0 Å². The average molecular weight is 381 g/mol. The van der Waals surface area contributed by atoms with Crippen LogP contribution in [0.2, 0.25) is 5.02 Å². The van der Waals surface area contributed by atoms with E-state index in [1.807, 2.05) is 0 Å². The number of rotatable bonds is 4. The lowest BCUT2D eigenvalue weighted by Crippen LogP contribution is -2.49. The number of anilines is 2. The lowest BCUT2D eigenvalue weighted by atomic mass is 10.2. The van der Waals surface area contributed by atoms with Gasteiger partial charge in [-0.05, 0) is 31.2 Å². The number of sulfonamides is 1. The van der Waals surface area contributed by atoms with Gasteiger partial charge in [0.15, 0.2) is 6.10 Å². The molecule has 0 spiro atoms. The van der Waals surface area contributed by atoms with Gasteiger partial charge >= 0.3 is 0 Å². The van der Waals surface area contributed by atoms with E-state index in [0.29, 0.717) is 22.1 Å². The molecule has 1 heterocycles. The van der Waals surface area contributed by atoms with Gasteiger partial charge in [-0.15, -0.1) is 0 Å². The molecule has 0 fully saturated rings. The van der Waals surface area contributed by atoms with E-state index in [-0.39, 0.29) is 12.3 Å². The zero-order chi connectivity index (χ0) is 18.0. The van der Waals surface area contributed by atoms with Gasteiger partial charge in [-0.2, -0.15) is 0 Å². The first kappa shape index (κ1) is 17.6. The number of amides is 1. The summed E-state index contributed by atoms with van der Waals surface area (Å²) in [5.41, 5.74) is 0.882. The van der Waals surface area contributed by atoms with Crippen molar-refractivity contribution < 1.29 is 17.9 Å². The number of fused-ring (bicyclic) bond motifs is 1. The number of nitrogens with one attached hydrogen (secondary N) is 1. The monoisotopic (exact) mass is 380 g/mol. The fourth-order valence-corrected chi connectivity index (χ4v) is 3.84. The van der Waals surface area contributed by atoms with E-state index in [4.69, 9.17) is 16.3 Å². The second-order valence-electron chi connectivity index (χ2n) is 5.47. The van der Waals surface area contributed by atoms with Gasteiger partial charge in [0.05, 0.1) is 28.7 Å². The second kappa shape index (κ2) is 6.93. The third-order valence-electron chi connectivity index (χ3n) is 3.86. The molecule has 1 amide bonds. The summed E-state index contributed by atoms with van der Waals surface area (Å²) in [6, 6.07) is 13.6. The topological polar surface area (TPSA) is 75.7 Å². The Kier molecular flexibility index (Phi) is 4.87. The molecule has 2 aromatic carbocycles. The van der Waals surface area contributed by atoms with Crippen LogP contribution in [0, 0.1) is 0 Å². The van der Waals surface area contributed by atoms with Crippen LogP contribution in [-0.4, -0.2) is 32.7 Å². The van der Waals surface area contributed by atoms with Crippen LogP contribution in [-0.2, 0) is 14.8 Å². The highest BCUT2D eigenvalue weighted by Crippen LogP contribution is 2.35. The van der Waals surface area contributed by atoms with E-state index in [1.54, 1.807) is 55.5 Å². The van der Waals surface area contributed by atoms with Gasteiger partial charge in [-0.25, -0.2) is 8.42 Å². The van der Waals surface area contributed by atoms with Crippen LogP contribution in [0.25, 0.3) is 0 Å². The van der Waals surface area contributed by atoms with Crippen LogP contribution >= 0.6 is 11.6 Å². The minimum atomic E-state index is -3.53. The molecule has 0 saturated heterocycles. The number of ether oxygens (including phenoxy) is 1. The smallest absolute Gasteiger partial charge is 0.267 e.